The van der Waals surface area contributed by atoms with Gasteiger partial charge in [-0.25, -0.2) is 0 Å². The predicted molar refractivity (Wildman–Crippen MR) is 93.7 cm³/mol. The quantitative estimate of drug-likeness (QED) is 0.784. The Hall–Kier alpha value is -1.57. The van der Waals surface area contributed by atoms with Crippen LogP contribution in [0, 0.1) is 6.92 Å². The Morgan fingerprint density at radius 3 is 2.88 bits per heavy atom. The lowest BCUT2D eigenvalue weighted by Gasteiger charge is -2.35. The number of aryl methyl sites for hydroxylation is 1. The number of hydrogen-bond acceptors (Lipinski definition) is 5. The lowest BCUT2D eigenvalue weighted by molar-refractivity contribution is -0.138. The number of aliphatic carboxylic acids is 1. The molecule has 1 atom stereocenters. The number of benzene rings is 1. The third-order valence-electron chi connectivity index (χ3n) is 4.02. The number of rotatable bonds is 6. The van der Waals surface area contributed by atoms with Gasteiger partial charge in [0.1, 0.15) is 0 Å². The second kappa shape index (κ2) is 8.50. The number of carboxylic acids is 1. The van der Waals surface area contributed by atoms with Gasteiger partial charge < -0.3 is 14.7 Å². The Kier molecular flexibility index (Phi) is 6.65. The number of thioether (sulfide) groups is 1. The number of amides is 1. The van der Waals surface area contributed by atoms with Crippen molar-refractivity contribution in [2.45, 2.75) is 17.9 Å². The van der Waals surface area contributed by atoms with Gasteiger partial charge in [-0.2, -0.15) is 0 Å². The minimum Gasteiger partial charge on any atom is -0.480 e. The molecule has 1 fully saturated rings. The Morgan fingerprint density at radius 1 is 1.46 bits per heavy atom. The van der Waals surface area contributed by atoms with Gasteiger partial charge in [0.15, 0.2) is 0 Å². The molecule has 132 valence electrons. The number of carbonyl (C=O) groups excluding carboxylic acids is 1. The van der Waals surface area contributed by atoms with Gasteiger partial charge in [0, 0.05) is 30.1 Å². The van der Waals surface area contributed by atoms with Gasteiger partial charge in [-0.3, -0.25) is 14.5 Å². The number of carbonyl (C=O) groups is 2. The molecule has 1 aromatic rings. The van der Waals surface area contributed by atoms with Gasteiger partial charge in [-0.15, -0.1) is 11.8 Å². The first kappa shape index (κ1) is 18.8. The minimum absolute atomic E-state index is 0.0117. The van der Waals surface area contributed by atoms with E-state index in [1.54, 1.807) is 28.6 Å². The zero-order valence-corrected chi connectivity index (χ0v) is 15.1. The van der Waals surface area contributed by atoms with E-state index in [-0.39, 0.29) is 18.6 Å². The van der Waals surface area contributed by atoms with Gasteiger partial charge in [0.25, 0.3) is 5.91 Å². The van der Waals surface area contributed by atoms with E-state index in [0.29, 0.717) is 26.2 Å². The van der Waals surface area contributed by atoms with Crippen LogP contribution < -0.4 is 0 Å². The Bertz CT molecular complexity index is 608. The van der Waals surface area contributed by atoms with Crippen LogP contribution in [0.4, 0.5) is 0 Å². The van der Waals surface area contributed by atoms with Crippen molar-refractivity contribution in [1.29, 1.82) is 0 Å². The molecule has 0 saturated carbocycles. The number of nitrogens with zero attached hydrogens (tertiary/aromatic N) is 2. The predicted octanol–water partition coefficient (Wildman–Crippen LogP) is 1.57. The highest BCUT2D eigenvalue weighted by Crippen LogP contribution is 2.21. The summed E-state index contributed by atoms with van der Waals surface area (Å²) >= 11 is 1.61. The van der Waals surface area contributed by atoms with E-state index in [1.165, 1.54) is 0 Å². The number of hydrogen-bond donors (Lipinski definition) is 1. The highest BCUT2D eigenvalue weighted by molar-refractivity contribution is 7.98. The van der Waals surface area contributed by atoms with Gasteiger partial charge in [-0.05, 0) is 37.9 Å². The molecule has 7 heteroatoms. The third kappa shape index (κ3) is 4.96. The van der Waals surface area contributed by atoms with Crippen LogP contribution in [0.2, 0.25) is 0 Å². The molecule has 1 unspecified atom stereocenters. The van der Waals surface area contributed by atoms with Crippen LogP contribution >= 0.6 is 11.8 Å². The van der Waals surface area contributed by atoms with Crippen LogP contribution in [-0.2, 0) is 9.53 Å². The van der Waals surface area contributed by atoms with Gasteiger partial charge in [0.05, 0.1) is 19.3 Å². The first-order valence-corrected chi connectivity index (χ1v) is 9.09. The molecule has 0 spiro atoms. The zero-order valence-electron chi connectivity index (χ0n) is 14.3. The van der Waals surface area contributed by atoms with Crippen molar-refractivity contribution in [3.05, 3.63) is 29.3 Å². The van der Waals surface area contributed by atoms with E-state index in [0.717, 1.165) is 16.0 Å². The van der Waals surface area contributed by atoms with Crippen molar-refractivity contribution < 1.29 is 19.4 Å². The van der Waals surface area contributed by atoms with Crippen LogP contribution in [0.25, 0.3) is 0 Å². The summed E-state index contributed by atoms with van der Waals surface area (Å²) in [7, 11) is 1.74. The van der Waals surface area contributed by atoms with Crippen molar-refractivity contribution in [3.63, 3.8) is 0 Å². The average molecular weight is 352 g/mol. The molecule has 1 amide bonds. The number of ether oxygens (including phenoxy) is 1. The van der Waals surface area contributed by atoms with E-state index in [1.807, 2.05) is 31.4 Å². The molecular formula is C17H24N2O4S. The Morgan fingerprint density at radius 2 is 2.21 bits per heavy atom. The van der Waals surface area contributed by atoms with Crippen LogP contribution in [0.1, 0.15) is 15.9 Å². The van der Waals surface area contributed by atoms with Crippen LogP contribution in [-0.4, -0.2) is 79.0 Å². The minimum atomic E-state index is -0.870. The van der Waals surface area contributed by atoms with E-state index < -0.39 is 5.97 Å². The van der Waals surface area contributed by atoms with Crippen molar-refractivity contribution in [1.82, 2.24) is 9.80 Å². The molecule has 1 aliphatic heterocycles. The molecular weight excluding hydrogens is 328 g/mol. The Balaban J connectivity index is 2.03. The average Bonchev–Trinajstić information content (AvgIpc) is 2.54. The largest absolute Gasteiger partial charge is 0.480 e. The fourth-order valence-electron chi connectivity index (χ4n) is 2.79. The Labute approximate surface area is 146 Å². The maximum absolute atomic E-state index is 12.9. The van der Waals surface area contributed by atoms with E-state index in [9.17, 15) is 9.59 Å². The molecule has 0 aromatic heterocycles. The molecule has 0 bridgehead atoms. The summed E-state index contributed by atoms with van der Waals surface area (Å²) in [5.41, 5.74) is 1.69. The maximum atomic E-state index is 12.9. The van der Waals surface area contributed by atoms with Gasteiger partial charge >= 0.3 is 5.97 Å². The summed E-state index contributed by atoms with van der Waals surface area (Å²) in [6, 6.07) is 5.92. The first-order valence-electron chi connectivity index (χ1n) is 7.86. The first-order chi connectivity index (χ1) is 11.4. The van der Waals surface area contributed by atoms with Crippen molar-refractivity contribution >= 4 is 23.6 Å². The van der Waals surface area contributed by atoms with Gasteiger partial charge in [-0.1, -0.05) is 6.07 Å². The monoisotopic (exact) mass is 352 g/mol. The molecule has 1 N–H and O–H groups in total. The summed E-state index contributed by atoms with van der Waals surface area (Å²) in [6.07, 6.45) is 1.82. The molecule has 6 nitrogen and oxygen atoms in total. The molecule has 2 rings (SSSR count). The van der Waals surface area contributed by atoms with E-state index in [2.05, 4.69) is 0 Å². The maximum Gasteiger partial charge on any atom is 0.317 e. The van der Waals surface area contributed by atoms with Gasteiger partial charge in [0.2, 0.25) is 0 Å². The van der Waals surface area contributed by atoms with Crippen LogP contribution in [0.5, 0.6) is 0 Å². The highest BCUT2D eigenvalue weighted by Gasteiger charge is 2.27. The lowest BCUT2D eigenvalue weighted by Crippen LogP contribution is -2.49. The SMILES string of the molecule is CSc1ccc(C)c(C(=O)N2CCOC(CN(C)CC(=O)O)C2)c1. The summed E-state index contributed by atoms with van der Waals surface area (Å²) in [5, 5.41) is 8.83. The fraction of sp³-hybridized carbons (Fsp3) is 0.529. The highest BCUT2D eigenvalue weighted by atomic mass is 32.2. The molecule has 0 aliphatic carbocycles. The molecule has 1 aromatic carbocycles. The van der Waals surface area contributed by atoms with E-state index in [4.69, 9.17) is 9.84 Å². The summed E-state index contributed by atoms with van der Waals surface area (Å²) in [5.74, 6) is -0.858. The zero-order chi connectivity index (χ0) is 17.7. The van der Waals surface area contributed by atoms with Crippen molar-refractivity contribution in [2.24, 2.45) is 0 Å². The fourth-order valence-corrected chi connectivity index (χ4v) is 3.23. The van der Waals surface area contributed by atoms with Crippen molar-refractivity contribution in [2.75, 3.05) is 46.1 Å². The molecule has 24 heavy (non-hydrogen) atoms. The third-order valence-corrected chi connectivity index (χ3v) is 4.75. The topological polar surface area (TPSA) is 70.1 Å². The lowest BCUT2D eigenvalue weighted by atomic mass is 10.1. The normalized spacial score (nSPS) is 18.0. The van der Waals surface area contributed by atoms with Crippen LogP contribution in [0.3, 0.4) is 0 Å². The summed E-state index contributed by atoms with van der Waals surface area (Å²) in [6.45, 7) is 3.89. The summed E-state index contributed by atoms with van der Waals surface area (Å²) < 4.78 is 5.69. The number of morpholine rings is 1. The standard InChI is InChI=1S/C17H24N2O4S/c1-12-4-5-14(24-3)8-15(12)17(22)19-6-7-23-13(10-19)9-18(2)11-16(20)21/h4-5,8,13H,6-7,9-11H2,1-3H3,(H,20,21). The summed E-state index contributed by atoms with van der Waals surface area (Å²) in [4.78, 5) is 28.2. The smallest absolute Gasteiger partial charge is 0.317 e. The number of likely N-dealkylation sites (N-methyl/N-ethyl adjacent to an activating group) is 1. The molecule has 0 radical (unpaired) electrons. The van der Waals surface area contributed by atoms with Crippen molar-refractivity contribution in [3.8, 4) is 0 Å². The second-order valence-corrected chi connectivity index (χ2v) is 6.89. The second-order valence-electron chi connectivity index (χ2n) is 6.02. The molecule has 1 saturated heterocycles. The van der Waals surface area contributed by atoms with E-state index >= 15 is 0 Å². The molecule has 1 heterocycles. The molecule has 1 aliphatic rings. The van der Waals surface area contributed by atoms with Crippen LogP contribution in [0.15, 0.2) is 23.1 Å². The number of carboxylic acid groups (broad SMARTS) is 1.